The topological polar surface area (TPSA) is 49.6 Å². The fourth-order valence-corrected chi connectivity index (χ4v) is 3.47. The molecule has 1 saturated heterocycles. The van der Waals surface area contributed by atoms with Crippen molar-refractivity contribution in [2.24, 2.45) is 0 Å². The number of nitrogens with zero attached hydrogens (tertiary/aromatic N) is 3. The van der Waals surface area contributed by atoms with E-state index in [-0.39, 0.29) is 11.7 Å². The summed E-state index contributed by atoms with van der Waals surface area (Å²) in [6.07, 6.45) is 1.71. The molecular formula is C22H21ClFN3O2. The molecule has 1 fully saturated rings. The second-order valence-electron chi connectivity index (χ2n) is 7.16. The predicted octanol–water partition coefficient (Wildman–Crippen LogP) is 4.40. The lowest BCUT2D eigenvalue weighted by molar-refractivity contribution is 0.0618. The monoisotopic (exact) mass is 413 g/mol. The number of aromatic nitrogens is 1. The van der Waals surface area contributed by atoms with Gasteiger partial charge in [0.1, 0.15) is 5.82 Å². The lowest BCUT2D eigenvalue weighted by Gasteiger charge is -2.34. The molecule has 150 valence electrons. The quantitative estimate of drug-likeness (QED) is 0.636. The Balaban J connectivity index is 1.33. The summed E-state index contributed by atoms with van der Waals surface area (Å²) in [6.45, 7) is 4.84. The maximum Gasteiger partial charge on any atom is 0.254 e. The molecule has 29 heavy (non-hydrogen) atoms. The van der Waals surface area contributed by atoms with E-state index in [0.29, 0.717) is 60.5 Å². The van der Waals surface area contributed by atoms with Crippen LogP contribution in [0.5, 0.6) is 0 Å². The Morgan fingerprint density at radius 1 is 1.14 bits per heavy atom. The molecule has 0 aliphatic carbocycles. The predicted molar refractivity (Wildman–Crippen MR) is 109 cm³/mol. The van der Waals surface area contributed by atoms with E-state index in [2.05, 4.69) is 9.88 Å². The molecule has 1 aromatic heterocycles. The Labute approximate surface area is 173 Å². The highest BCUT2D eigenvalue weighted by Crippen LogP contribution is 2.23. The minimum atomic E-state index is -0.352. The summed E-state index contributed by atoms with van der Waals surface area (Å²) in [5, 5.41) is 0.675. The van der Waals surface area contributed by atoms with Crippen LogP contribution in [0.4, 0.5) is 4.39 Å². The number of benzene rings is 2. The zero-order valence-electron chi connectivity index (χ0n) is 16.1. The lowest BCUT2D eigenvalue weighted by Crippen LogP contribution is -2.48. The maximum atomic E-state index is 13.8. The molecule has 0 atom stereocenters. The highest BCUT2D eigenvalue weighted by atomic mass is 35.5. The summed E-state index contributed by atoms with van der Waals surface area (Å²) < 4.78 is 19.6. The Bertz CT molecular complexity index is 1010. The van der Waals surface area contributed by atoms with Gasteiger partial charge in [-0.1, -0.05) is 17.7 Å². The number of aryl methyl sites for hydroxylation is 1. The molecule has 0 spiro atoms. The number of piperazine rings is 1. The van der Waals surface area contributed by atoms with Gasteiger partial charge in [0, 0.05) is 42.3 Å². The van der Waals surface area contributed by atoms with Gasteiger partial charge in [-0.05, 0) is 48.9 Å². The first kappa shape index (κ1) is 19.6. The molecule has 1 amide bonds. The molecule has 0 bridgehead atoms. The van der Waals surface area contributed by atoms with Crippen LogP contribution < -0.4 is 0 Å². The Morgan fingerprint density at radius 3 is 2.55 bits per heavy atom. The second kappa shape index (κ2) is 8.35. The van der Waals surface area contributed by atoms with Crippen LogP contribution in [0.25, 0.3) is 11.3 Å². The van der Waals surface area contributed by atoms with Gasteiger partial charge in [-0.15, -0.1) is 0 Å². The van der Waals surface area contributed by atoms with Crippen molar-refractivity contribution < 1.29 is 13.6 Å². The molecule has 2 aromatic carbocycles. The molecule has 0 N–H and O–H groups in total. The molecule has 0 unspecified atom stereocenters. The van der Waals surface area contributed by atoms with Crippen LogP contribution in [0.1, 0.15) is 21.8 Å². The van der Waals surface area contributed by atoms with E-state index >= 15 is 0 Å². The van der Waals surface area contributed by atoms with Gasteiger partial charge in [0.2, 0.25) is 5.89 Å². The SMILES string of the molecule is Cc1ccc(C(=O)N2CCN(Cc3ncc(-c4ccc(Cl)cc4)o3)CC2)cc1F. The molecule has 1 aliphatic rings. The highest BCUT2D eigenvalue weighted by molar-refractivity contribution is 6.30. The Hall–Kier alpha value is -2.70. The van der Waals surface area contributed by atoms with Crippen molar-refractivity contribution in [2.45, 2.75) is 13.5 Å². The number of oxazole rings is 1. The number of halogens is 2. The van der Waals surface area contributed by atoms with Crippen LogP contribution in [0.2, 0.25) is 5.02 Å². The molecule has 0 saturated carbocycles. The zero-order valence-corrected chi connectivity index (χ0v) is 16.8. The molecule has 3 aromatic rings. The van der Waals surface area contributed by atoms with Crippen molar-refractivity contribution in [3.63, 3.8) is 0 Å². The van der Waals surface area contributed by atoms with Crippen LogP contribution >= 0.6 is 11.6 Å². The van der Waals surface area contributed by atoms with Crippen LogP contribution in [0.3, 0.4) is 0 Å². The van der Waals surface area contributed by atoms with E-state index in [1.54, 1.807) is 30.2 Å². The van der Waals surface area contributed by atoms with Gasteiger partial charge in [-0.25, -0.2) is 9.37 Å². The second-order valence-corrected chi connectivity index (χ2v) is 7.59. The number of hydrogen-bond acceptors (Lipinski definition) is 4. The van der Waals surface area contributed by atoms with Crippen molar-refractivity contribution in [1.82, 2.24) is 14.8 Å². The Morgan fingerprint density at radius 2 is 1.86 bits per heavy atom. The summed E-state index contributed by atoms with van der Waals surface area (Å²) in [5.74, 6) is 0.849. The van der Waals surface area contributed by atoms with Gasteiger partial charge in [0.05, 0.1) is 12.7 Å². The zero-order chi connectivity index (χ0) is 20.4. The van der Waals surface area contributed by atoms with Crippen molar-refractivity contribution in [3.8, 4) is 11.3 Å². The van der Waals surface area contributed by atoms with Gasteiger partial charge < -0.3 is 9.32 Å². The standard InChI is InChI=1S/C22H21ClFN3O2/c1-15-2-3-17(12-19(15)24)22(28)27-10-8-26(9-11-27)14-21-25-13-20(29-21)16-4-6-18(23)7-5-16/h2-7,12-13H,8-11,14H2,1H3. The number of hydrogen-bond donors (Lipinski definition) is 0. The van der Waals surface area contributed by atoms with Crippen LogP contribution in [-0.2, 0) is 6.54 Å². The first-order valence-corrected chi connectivity index (χ1v) is 9.86. The van der Waals surface area contributed by atoms with Crippen molar-refractivity contribution in [2.75, 3.05) is 26.2 Å². The van der Waals surface area contributed by atoms with E-state index < -0.39 is 0 Å². The van der Waals surface area contributed by atoms with Crippen LogP contribution in [0, 0.1) is 12.7 Å². The molecule has 4 rings (SSSR count). The Kier molecular flexibility index (Phi) is 5.65. The van der Waals surface area contributed by atoms with E-state index in [0.717, 1.165) is 5.56 Å². The molecule has 1 aliphatic heterocycles. The number of rotatable bonds is 4. The molecule has 7 heteroatoms. The minimum Gasteiger partial charge on any atom is -0.439 e. The first-order valence-electron chi connectivity index (χ1n) is 9.48. The average Bonchev–Trinajstić information content (AvgIpc) is 3.19. The van der Waals surface area contributed by atoms with Gasteiger partial charge >= 0.3 is 0 Å². The highest BCUT2D eigenvalue weighted by Gasteiger charge is 2.23. The van der Waals surface area contributed by atoms with Gasteiger partial charge in [0.25, 0.3) is 5.91 Å². The molecule has 5 nitrogen and oxygen atoms in total. The maximum absolute atomic E-state index is 13.8. The summed E-state index contributed by atoms with van der Waals surface area (Å²) in [4.78, 5) is 20.9. The largest absolute Gasteiger partial charge is 0.439 e. The fourth-order valence-electron chi connectivity index (χ4n) is 3.34. The summed E-state index contributed by atoms with van der Waals surface area (Å²) in [7, 11) is 0. The van der Waals surface area contributed by atoms with Crippen molar-refractivity contribution in [3.05, 3.63) is 76.5 Å². The van der Waals surface area contributed by atoms with E-state index in [9.17, 15) is 9.18 Å². The number of carbonyl (C=O) groups excluding carboxylic acids is 1. The van der Waals surface area contributed by atoms with Crippen molar-refractivity contribution in [1.29, 1.82) is 0 Å². The van der Waals surface area contributed by atoms with E-state index in [1.807, 2.05) is 24.3 Å². The smallest absolute Gasteiger partial charge is 0.254 e. The third kappa shape index (κ3) is 4.49. The molecule has 2 heterocycles. The minimum absolute atomic E-state index is 0.135. The average molecular weight is 414 g/mol. The first-order chi connectivity index (χ1) is 14.0. The van der Waals surface area contributed by atoms with Gasteiger partial charge in [-0.2, -0.15) is 0 Å². The van der Waals surface area contributed by atoms with Crippen molar-refractivity contribution >= 4 is 17.5 Å². The van der Waals surface area contributed by atoms with Crippen LogP contribution in [-0.4, -0.2) is 46.9 Å². The molecule has 0 radical (unpaired) electrons. The third-order valence-corrected chi connectivity index (χ3v) is 5.37. The normalized spacial score (nSPS) is 14.9. The summed E-state index contributed by atoms with van der Waals surface area (Å²) >= 11 is 5.92. The van der Waals surface area contributed by atoms with Gasteiger partial charge in [-0.3, -0.25) is 9.69 Å². The lowest BCUT2D eigenvalue weighted by atomic mass is 10.1. The number of amides is 1. The van der Waals surface area contributed by atoms with Gasteiger partial charge in [0.15, 0.2) is 5.76 Å². The fraction of sp³-hybridized carbons (Fsp3) is 0.273. The van der Waals surface area contributed by atoms with Crippen LogP contribution in [0.15, 0.2) is 53.1 Å². The third-order valence-electron chi connectivity index (χ3n) is 5.12. The molecular weight excluding hydrogens is 393 g/mol. The number of carbonyl (C=O) groups is 1. The summed E-state index contributed by atoms with van der Waals surface area (Å²) in [5.41, 5.74) is 1.85. The van der Waals surface area contributed by atoms with E-state index in [4.69, 9.17) is 16.0 Å². The van der Waals surface area contributed by atoms with E-state index in [1.165, 1.54) is 6.07 Å². The summed E-state index contributed by atoms with van der Waals surface area (Å²) in [6, 6.07) is 12.0.